The van der Waals surface area contributed by atoms with E-state index in [9.17, 15) is 0 Å². The molecule has 0 amide bonds. The average Bonchev–Trinajstić information content (AvgIpc) is 3.29. The van der Waals surface area contributed by atoms with Crippen LogP contribution in [0.2, 0.25) is 0 Å². The summed E-state index contributed by atoms with van der Waals surface area (Å²) in [4.78, 5) is 2.44. The van der Waals surface area contributed by atoms with Gasteiger partial charge < -0.3 is 10.1 Å². The molecule has 3 nitrogen and oxygen atoms in total. The molecular weight excluding hydrogens is 248 g/mol. The number of rotatable bonds is 9. The van der Waals surface area contributed by atoms with Crippen molar-refractivity contribution in [3.05, 3.63) is 29.8 Å². The van der Waals surface area contributed by atoms with Gasteiger partial charge in [-0.2, -0.15) is 0 Å². The molecule has 1 fully saturated rings. The predicted molar refractivity (Wildman–Crippen MR) is 85.1 cm³/mol. The molecule has 20 heavy (non-hydrogen) atoms. The SMILES string of the molecule is CCN(CC)Cc1cccc(NC(COC)C2CC2)c1. The first-order chi connectivity index (χ1) is 9.76. The van der Waals surface area contributed by atoms with Gasteiger partial charge in [0.25, 0.3) is 0 Å². The number of anilines is 1. The van der Waals surface area contributed by atoms with Crippen molar-refractivity contribution < 1.29 is 4.74 Å². The molecule has 1 N–H and O–H groups in total. The van der Waals surface area contributed by atoms with Crippen LogP contribution in [0.25, 0.3) is 0 Å². The fraction of sp³-hybridized carbons (Fsp3) is 0.647. The van der Waals surface area contributed by atoms with Crippen molar-refractivity contribution >= 4 is 5.69 Å². The standard InChI is InChI=1S/C17H28N2O/c1-4-19(5-2)12-14-7-6-8-16(11-14)18-17(13-20-3)15-9-10-15/h6-8,11,15,17-18H,4-5,9-10,12-13H2,1-3H3. The Balaban J connectivity index is 1.97. The lowest BCUT2D eigenvalue weighted by atomic mass is 10.1. The minimum absolute atomic E-state index is 0.462. The average molecular weight is 276 g/mol. The van der Waals surface area contributed by atoms with Gasteiger partial charge in [0.15, 0.2) is 0 Å². The van der Waals surface area contributed by atoms with Gasteiger partial charge in [-0.25, -0.2) is 0 Å². The Morgan fingerprint density at radius 1 is 1.30 bits per heavy atom. The number of hydrogen-bond acceptors (Lipinski definition) is 3. The fourth-order valence-electron chi connectivity index (χ4n) is 2.65. The zero-order chi connectivity index (χ0) is 14.4. The first-order valence-electron chi connectivity index (χ1n) is 7.83. The van der Waals surface area contributed by atoms with Crippen LogP contribution in [0.5, 0.6) is 0 Å². The van der Waals surface area contributed by atoms with Crippen molar-refractivity contribution in [3.8, 4) is 0 Å². The van der Waals surface area contributed by atoms with Crippen molar-refractivity contribution in [2.75, 3.05) is 32.1 Å². The molecule has 112 valence electrons. The van der Waals surface area contributed by atoms with Crippen LogP contribution >= 0.6 is 0 Å². The summed E-state index contributed by atoms with van der Waals surface area (Å²) in [6.07, 6.45) is 2.67. The smallest absolute Gasteiger partial charge is 0.0666 e. The predicted octanol–water partition coefficient (Wildman–Crippen LogP) is 3.37. The van der Waals surface area contributed by atoms with E-state index in [1.54, 1.807) is 7.11 Å². The number of hydrogen-bond donors (Lipinski definition) is 1. The lowest BCUT2D eigenvalue weighted by Gasteiger charge is -2.21. The number of nitrogens with zero attached hydrogens (tertiary/aromatic N) is 1. The van der Waals surface area contributed by atoms with Crippen molar-refractivity contribution in [1.29, 1.82) is 0 Å². The van der Waals surface area contributed by atoms with Crippen molar-refractivity contribution in [1.82, 2.24) is 4.90 Å². The highest BCUT2D eigenvalue weighted by Gasteiger charge is 2.31. The van der Waals surface area contributed by atoms with E-state index >= 15 is 0 Å². The highest BCUT2D eigenvalue weighted by Crippen LogP contribution is 2.34. The molecule has 3 heteroatoms. The van der Waals surface area contributed by atoms with E-state index in [0.717, 1.165) is 32.2 Å². The minimum atomic E-state index is 0.462. The Morgan fingerprint density at radius 2 is 2.05 bits per heavy atom. The van der Waals surface area contributed by atoms with Gasteiger partial charge in [-0.1, -0.05) is 26.0 Å². The minimum Gasteiger partial charge on any atom is -0.383 e. The maximum atomic E-state index is 5.34. The van der Waals surface area contributed by atoms with Crippen LogP contribution in [0.1, 0.15) is 32.3 Å². The molecule has 0 saturated heterocycles. The Labute approximate surface area is 123 Å². The molecule has 1 unspecified atom stereocenters. The van der Waals surface area contributed by atoms with Gasteiger partial charge in [-0.15, -0.1) is 0 Å². The summed E-state index contributed by atoms with van der Waals surface area (Å²) in [5.74, 6) is 0.793. The van der Waals surface area contributed by atoms with E-state index in [-0.39, 0.29) is 0 Å². The van der Waals surface area contributed by atoms with Crippen LogP contribution < -0.4 is 5.32 Å². The lowest BCUT2D eigenvalue weighted by Crippen LogP contribution is -2.27. The van der Waals surface area contributed by atoms with E-state index in [1.807, 2.05) is 0 Å². The van der Waals surface area contributed by atoms with E-state index in [0.29, 0.717) is 6.04 Å². The summed E-state index contributed by atoms with van der Waals surface area (Å²) in [6, 6.07) is 9.27. The Hall–Kier alpha value is -1.06. The molecule has 1 saturated carbocycles. The van der Waals surface area contributed by atoms with Crippen molar-refractivity contribution in [2.24, 2.45) is 5.92 Å². The van der Waals surface area contributed by atoms with Gasteiger partial charge in [0.2, 0.25) is 0 Å². The molecule has 0 heterocycles. The molecular formula is C17H28N2O. The van der Waals surface area contributed by atoms with Crippen LogP contribution in [0.3, 0.4) is 0 Å². The molecule has 1 aliphatic carbocycles. The van der Waals surface area contributed by atoms with Crippen LogP contribution in [-0.4, -0.2) is 37.7 Å². The summed E-state index contributed by atoms with van der Waals surface area (Å²) >= 11 is 0. The second-order valence-electron chi connectivity index (χ2n) is 5.71. The third-order valence-electron chi connectivity index (χ3n) is 4.12. The summed E-state index contributed by atoms with van der Waals surface area (Å²) in [6.45, 7) is 8.46. The quantitative estimate of drug-likeness (QED) is 0.748. The van der Waals surface area contributed by atoms with Crippen LogP contribution in [0.4, 0.5) is 5.69 Å². The fourth-order valence-corrected chi connectivity index (χ4v) is 2.65. The topological polar surface area (TPSA) is 24.5 Å². The van der Waals surface area contributed by atoms with E-state index in [2.05, 4.69) is 48.3 Å². The Morgan fingerprint density at radius 3 is 2.65 bits per heavy atom. The molecule has 1 atom stereocenters. The third-order valence-corrected chi connectivity index (χ3v) is 4.12. The van der Waals surface area contributed by atoms with Gasteiger partial charge in [0.05, 0.1) is 12.6 Å². The first-order valence-corrected chi connectivity index (χ1v) is 7.83. The number of benzene rings is 1. The molecule has 0 spiro atoms. The maximum absolute atomic E-state index is 5.34. The van der Waals surface area contributed by atoms with E-state index < -0.39 is 0 Å². The molecule has 1 aromatic rings. The second-order valence-corrected chi connectivity index (χ2v) is 5.71. The molecule has 1 aromatic carbocycles. The van der Waals surface area contributed by atoms with E-state index in [4.69, 9.17) is 4.74 Å². The van der Waals surface area contributed by atoms with Gasteiger partial charge in [0.1, 0.15) is 0 Å². The largest absolute Gasteiger partial charge is 0.383 e. The van der Waals surface area contributed by atoms with Crippen molar-refractivity contribution in [2.45, 2.75) is 39.3 Å². The van der Waals surface area contributed by atoms with E-state index in [1.165, 1.54) is 24.1 Å². The van der Waals surface area contributed by atoms with Crippen molar-refractivity contribution in [3.63, 3.8) is 0 Å². The monoisotopic (exact) mass is 276 g/mol. The summed E-state index contributed by atoms with van der Waals surface area (Å²) in [7, 11) is 1.79. The first kappa shape index (κ1) is 15.3. The zero-order valence-corrected chi connectivity index (χ0v) is 13.1. The van der Waals surface area contributed by atoms with Crippen LogP contribution in [-0.2, 0) is 11.3 Å². The lowest BCUT2D eigenvalue weighted by molar-refractivity contribution is 0.179. The summed E-state index contributed by atoms with van der Waals surface area (Å²) in [5, 5.41) is 3.65. The van der Waals surface area contributed by atoms with Gasteiger partial charge in [-0.05, 0) is 49.5 Å². The van der Waals surface area contributed by atoms with Gasteiger partial charge in [-0.3, -0.25) is 4.90 Å². The Kier molecular flexibility index (Phi) is 5.86. The number of ether oxygens (including phenoxy) is 1. The highest BCUT2D eigenvalue weighted by molar-refractivity contribution is 5.47. The highest BCUT2D eigenvalue weighted by atomic mass is 16.5. The van der Waals surface area contributed by atoms with Crippen LogP contribution in [0, 0.1) is 5.92 Å². The molecule has 1 aliphatic rings. The van der Waals surface area contributed by atoms with Gasteiger partial charge >= 0.3 is 0 Å². The molecule has 0 aromatic heterocycles. The Bertz CT molecular complexity index is 400. The third kappa shape index (κ3) is 4.50. The molecule has 0 bridgehead atoms. The van der Waals surface area contributed by atoms with Gasteiger partial charge in [0, 0.05) is 19.3 Å². The maximum Gasteiger partial charge on any atom is 0.0666 e. The molecule has 2 rings (SSSR count). The molecule has 0 aliphatic heterocycles. The zero-order valence-electron chi connectivity index (χ0n) is 13.1. The molecule has 0 radical (unpaired) electrons. The normalized spacial score (nSPS) is 16.4. The summed E-state index contributed by atoms with van der Waals surface area (Å²) < 4.78 is 5.34. The number of nitrogens with one attached hydrogen (secondary N) is 1. The second kappa shape index (κ2) is 7.65. The number of methoxy groups -OCH3 is 1. The summed E-state index contributed by atoms with van der Waals surface area (Å²) in [5.41, 5.74) is 2.61. The van der Waals surface area contributed by atoms with Crippen LogP contribution in [0.15, 0.2) is 24.3 Å².